The van der Waals surface area contributed by atoms with Crippen molar-refractivity contribution in [1.82, 2.24) is 25.1 Å². The second-order valence-electron chi connectivity index (χ2n) is 6.23. The number of fused-ring (bicyclic) bond motifs is 1. The van der Waals surface area contributed by atoms with Crippen molar-refractivity contribution >= 4 is 17.2 Å². The van der Waals surface area contributed by atoms with Gasteiger partial charge in [0.2, 0.25) is 5.91 Å². The van der Waals surface area contributed by atoms with Gasteiger partial charge in [-0.1, -0.05) is 30.3 Å². The van der Waals surface area contributed by atoms with Gasteiger partial charge in [0, 0.05) is 24.5 Å². The Kier molecular flexibility index (Phi) is 4.31. The molecule has 2 atom stereocenters. The Morgan fingerprint density at radius 3 is 2.92 bits per heavy atom. The Labute approximate surface area is 149 Å². The third-order valence-electron chi connectivity index (χ3n) is 4.62. The van der Waals surface area contributed by atoms with Crippen molar-refractivity contribution in [2.24, 2.45) is 5.92 Å². The largest absolute Gasteiger partial charge is 0.342 e. The lowest BCUT2D eigenvalue weighted by atomic mass is 9.97. The second-order valence-corrected chi connectivity index (χ2v) is 7.16. The number of nitrogens with zero attached hydrogens (tertiary/aromatic N) is 4. The monoisotopic (exact) mass is 353 g/mol. The van der Waals surface area contributed by atoms with E-state index in [2.05, 4.69) is 25.1 Å². The molecule has 2 aromatic heterocycles. The lowest BCUT2D eigenvalue weighted by Gasteiger charge is -2.25. The maximum absolute atomic E-state index is 12.9. The van der Waals surface area contributed by atoms with Crippen molar-refractivity contribution in [2.45, 2.75) is 32.4 Å². The quantitative estimate of drug-likeness (QED) is 0.782. The van der Waals surface area contributed by atoms with E-state index in [1.54, 1.807) is 17.5 Å². The fourth-order valence-corrected chi connectivity index (χ4v) is 3.96. The van der Waals surface area contributed by atoms with Crippen LogP contribution in [0, 0.1) is 12.8 Å². The molecular formula is C18H19N5OS. The number of rotatable bonds is 4. The lowest BCUT2D eigenvalue weighted by Crippen LogP contribution is -2.38. The topological polar surface area (TPSA) is 72.7 Å². The summed E-state index contributed by atoms with van der Waals surface area (Å²) in [6, 6.07) is 9.77. The van der Waals surface area contributed by atoms with E-state index in [9.17, 15) is 4.79 Å². The smallest absolute Gasteiger partial charge is 0.225 e. The number of amides is 1. The van der Waals surface area contributed by atoms with Gasteiger partial charge in [-0.2, -0.15) is 0 Å². The second kappa shape index (κ2) is 6.76. The zero-order chi connectivity index (χ0) is 17.2. The standard InChI is InChI=1S/C18H19N5OS/c1-12-21-22-15-8-7-14(11-23(12)15)17(24)20-16(18-19-9-10-25-18)13-5-3-2-4-6-13/h2-6,9-10,14,16H,7-8,11H2,1H3,(H,20,24)/t14-,16-/m0/s1. The highest BCUT2D eigenvalue weighted by atomic mass is 32.1. The van der Waals surface area contributed by atoms with Crippen LogP contribution in [0.5, 0.6) is 0 Å². The van der Waals surface area contributed by atoms with Crippen LogP contribution in [-0.4, -0.2) is 25.7 Å². The summed E-state index contributed by atoms with van der Waals surface area (Å²) in [6.45, 7) is 2.57. The van der Waals surface area contributed by atoms with Crippen molar-refractivity contribution in [1.29, 1.82) is 0 Å². The van der Waals surface area contributed by atoms with E-state index in [-0.39, 0.29) is 17.9 Å². The van der Waals surface area contributed by atoms with E-state index < -0.39 is 0 Å². The third kappa shape index (κ3) is 3.19. The van der Waals surface area contributed by atoms with Crippen LogP contribution in [0.15, 0.2) is 41.9 Å². The summed E-state index contributed by atoms with van der Waals surface area (Å²) in [5, 5.41) is 14.3. The van der Waals surface area contributed by atoms with Gasteiger partial charge >= 0.3 is 0 Å². The van der Waals surface area contributed by atoms with E-state index in [1.807, 2.05) is 42.6 Å². The van der Waals surface area contributed by atoms with E-state index in [0.29, 0.717) is 6.54 Å². The molecule has 6 nitrogen and oxygen atoms in total. The molecule has 0 radical (unpaired) electrons. The molecule has 1 amide bonds. The fraction of sp³-hybridized carbons (Fsp3) is 0.333. The molecule has 0 saturated carbocycles. The van der Waals surface area contributed by atoms with Gasteiger partial charge in [-0.05, 0) is 18.9 Å². The zero-order valence-corrected chi connectivity index (χ0v) is 14.7. The molecular weight excluding hydrogens is 334 g/mol. The molecule has 0 bridgehead atoms. The van der Waals surface area contributed by atoms with Crippen LogP contribution in [0.25, 0.3) is 0 Å². The average Bonchev–Trinajstić information content (AvgIpc) is 3.30. The molecule has 25 heavy (non-hydrogen) atoms. The van der Waals surface area contributed by atoms with Crippen molar-refractivity contribution in [3.8, 4) is 0 Å². The number of carbonyl (C=O) groups is 1. The maximum atomic E-state index is 12.9. The average molecular weight is 353 g/mol. The first-order valence-corrected chi connectivity index (χ1v) is 9.23. The summed E-state index contributed by atoms with van der Waals surface area (Å²) < 4.78 is 2.05. The van der Waals surface area contributed by atoms with Crippen LogP contribution >= 0.6 is 11.3 Å². The molecule has 1 aromatic carbocycles. The minimum Gasteiger partial charge on any atom is -0.342 e. The Morgan fingerprint density at radius 2 is 2.16 bits per heavy atom. The van der Waals surface area contributed by atoms with E-state index in [0.717, 1.165) is 35.1 Å². The Bertz CT molecular complexity index is 859. The number of hydrogen-bond donors (Lipinski definition) is 1. The number of nitrogens with one attached hydrogen (secondary N) is 1. The molecule has 1 aliphatic rings. The summed E-state index contributed by atoms with van der Waals surface area (Å²) >= 11 is 1.56. The van der Waals surface area contributed by atoms with Gasteiger partial charge in [0.05, 0.1) is 5.92 Å². The predicted molar refractivity (Wildman–Crippen MR) is 95.1 cm³/mol. The fourth-order valence-electron chi connectivity index (χ4n) is 3.25. The molecule has 0 spiro atoms. The van der Waals surface area contributed by atoms with Gasteiger partial charge in [-0.3, -0.25) is 4.79 Å². The van der Waals surface area contributed by atoms with Crippen LogP contribution in [0.4, 0.5) is 0 Å². The first kappa shape index (κ1) is 16.0. The minimum atomic E-state index is -0.211. The highest BCUT2D eigenvalue weighted by molar-refractivity contribution is 7.09. The Balaban J connectivity index is 1.55. The minimum absolute atomic E-state index is 0.0582. The third-order valence-corrected chi connectivity index (χ3v) is 5.46. The molecule has 4 rings (SSSR count). The van der Waals surface area contributed by atoms with Crippen molar-refractivity contribution in [2.75, 3.05) is 0 Å². The van der Waals surface area contributed by atoms with Crippen molar-refractivity contribution in [3.05, 3.63) is 64.1 Å². The van der Waals surface area contributed by atoms with Crippen LogP contribution in [0.1, 0.15) is 34.7 Å². The molecule has 7 heteroatoms. The Hall–Kier alpha value is -2.54. The Morgan fingerprint density at radius 1 is 1.32 bits per heavy atom. The number of hydrogen-bond acceptors (Lipinski definition) is 5. The van der Waals surface area contributed by atoms with Gasteiger partial charge in [-0.15, -0.1) is 21.5 Å². The maximum Gasteiger partial charge on any atom is 0.225 e. The summed E-state index contributed by atoms with van der Waals surface area (Å²) in [6.07, 6.45) is 3.35. The lowest BCUT2D eigenvalue weighted by molar-refractivity contribution is -0.126. The molecule has 0 aliphatic carbocycles. The molecule has 0 fully saturated rings. The summed E-state index contributed by atoms with van der Waals surface area (Å²) in [5.74, 6) is 1.82. The number of aromatic nitrogens is 4. The van der Waals surface area contributed by atoms with Crippen molar-refractivity contribution in [3.63, 3.8) is 0 Å². The van der Waals surface area contributed by atoms with Crippen LogP contribution in [0.2, 0.25) is 0 Å². The predicted octanol–water partition coefficient (Wildman–Crippen LogP) is 2.51. The molecule has 0 saturated heterocycles. The van der Waals surface area contributed by atoms with Gasteiger partial charge in [-0.25, -0.2) is 4.98 Å². The summed E-state index contributed by atoms with van der Waals surface area (Å²) in [4.78, 5) is 17.3. The van der Waals surface area contributed by atoms with Gasteiger partial charge in [0.1, 0.15) is 22.7 Å². The zero-order valence-electron chi connectivity index (χ0n) is 13.9. The number of carbonyl (C=O) groups excluding carboxylic acids is 1. The van der Waals surface area contributed by atoms with E-state index in [1.165, 1.54) is 0 Å². The SMILES string of the molecule is Cc1nnc2n1C[C@@H](C(=O)N[C@@H](c1ccccc1)c1nccs1)CC2. The molecule has 0 unspecified atom stereocenters. The van der Waals surface area contributed by atoms with Gasteiger partial charge in [0.15, 0.2) is 0 Å². The van der Waals surface area contributed by atoms with E-state index in [4.69, 9.17) is 0 Å². The van der Waals surface area contributed by atoms with Crippen LogP contribution in [0.3, 0.4) is 0 Å². The summed E-state index contributed by atoms with van der Waals surface area (Å²) in [5.41, 5.74) is 1.04. The first-order valence-electron chi connectivity index (χ1n) is 8.36. The number of aryl methyl sites for hydroxylation is 2. The normalized spacial score (nSPS) is 17.7. The highest BCUT2D eigenvalue weighted by Crippen LogP contribution is 2.26. The van der Waals surface area contributed by atoms with Crippen molar-refractivity contribution < 1.29 is 4.79 Å². The molecule has 1 aliphatic heterocycles. The van der Waals surface area contributed by atoms with Gasteiger partial charge < -0.3 is 9.88 Å². The van der Waals surface area contributed by atoms with E-state index >= 15 is 0 Å². The molecule has 3 heterocycles. The number of thiazole rings is 1. The first-order chi connectivity index (χ1) is 12.2. The van der Waals surface area contributed by atoms with Crippen LogP contribution < -0.4 is 5.32 Å². The molecule has 1 N–H and O–H groups in total. The number of benzene rings is 1. The summed E-state index contributed by atoms with van der Waals surface area (Å²) in [7, 11) is 0. The molecule has 3 aromatic rings. The molecule has 128 valence electrons. The van der Waals surface area contributed by atoms with Crippen LogP contribution in [-0.2, 0) is 17.8 Å². The highest BCUT2D eigenvalue weighted by Gasteiger charge is 2.29. The van der Waals surface area contributed by atoms with Gasteiger partial charge in [0.25, 0.3) is 0 Å².